The first-order valence-corrected chi connectivity index (χ1v) is 6.18. The van der Waals surface area contributed by atoms with Crippen LogP contribution in [-0.4, -0.2) is 16.9 Å². The molecule has 0 bridgehead atoms. The Balaban J connectivity index is 2.08. The third kappa shape index (κ3) is 2.18. The second-order valence-corrected chi connectivity index (χ2v) is 4.30. The van der Waals surface area contributed by atoms with Gasteiger partial charge in [-0.05, 0) is 17.7 Å². The molecule has 0 amide bonds. The third-order valence-corrected chi connectivity index (χ3v) is 2.97. The number of guanidine groups is 2. The standard InChI is InChI=1S/C14H14N6/c15-13-18-12(10-6-2-1-3-7-10)20(14(16)19-13)11-8-4-5-9-17-11/h1-9,12H,(H4,15,16,18,19). The second kappa shape index (κ2) is 5.00. The lowest BCUT2D eigenvalue weighted by atomic mass is 10.1. The number of benzene rings is 1. The smallest absolute Gasteiger partial charge is 0.221 e. The molecule has 0 aliphatic carbocycles. The van der Waals surface area contributed by atoms with E-state index in [1.54, 1.807) is 11.1 Å². The van der Waals surface area contributed by atoms with Gasteiger partial charge in [-0.15, -0.1) is 0 Å². The number of hydrogen-bond donors (Lipinski definition) is 2. The van der Waals surface area contributed by atoms with E-state index in [4.69, 9.17) is 11.5 Å². The molecule has 0 radical (unpaired) electrons. The number of rotatable bonds is 2. The minimum atomic E-state index is -0.358. The van der Waals surface area contributed by atoms with Crippen LogP contribution in [0.1, 0.15) is 11.7 Å². The molecule has 0 saturated heterocycles. The molecule has 3 rings (SSSR count). The zero-order valence-corrected chi connectivity index (χ0v) is 10.7. The van der Waals surface area contributed by atoms with Gasteiger partial charge in [-0.25, -0.2) is 9.98 Å². The molecule has 20 heavy (non-hydrogen) atoms. The maximum atomic E-state index is 6.00. The van der Waals surface area contributed by atoms with Gasteiger partial charge >= 0.3 is 0 Å². The lowest BCUT2D eigenvalue weighted by Gasteiger charge is -2.31. The van der Waals surface area contributed by atoms with Gasteiger partial charge < -0.3 is 11.5 Å². The van der Waals surface area contributed by atoms with E-state index >= 15 is 0 Å². The van der Waals surface area contributed by atoms with E-state index in [0.717, 1.165) is 5.56 Å². The van der Waals surface area contributed by atoms with E-state index in [2.05, 4.69) is 15.0 Å². The van der Waals surface area contributed by atoms with Crippen LogP contribution in [-0.2, 0) is 0 Å². The highest BCUT2D eigenvalue weighted by Crippen LogP contribution is 2.28. The van der Waals surface area contributed by atoms with Gasteiger partial charge in [0.05, 0.1) is 0 Å². The average Bonchev–Trinajstić information content (AvgIpc) is 2.48. The molecule has 1 unspecified atom stereocenters. The number of hydrogen-bond acceptors (Lipinski definition) is 6. The van der Waals surface area contributed by atoms with Crippen LogP contribution >= 0.6 is 0 Å². The van der Waals surface area contributed by atoms with Gasteiger partial charge in [0.1, 0.15) is 5.82 Å². The Labute approximate surface area is 116 Å². The number of nitrogens with two attached hydrogens (primary N) is 2. The van der Waals surface area contributed by atoms with Crippen molar-refractivity contribution in [2.45, 2.75) is 6.17 Å². The van der Waals surface area contributed by atoms with Gasteiger partial charge in [0.25, 0.3) is 0 Å². The van der Waals surface area contributed by atoms with E-state index in [9.17, 15) is 0 Å². The first kappa shape index (κ1) is 12.2. The summed E-state index contributed by atoms with van der Waals surface area (Å²) < 4.78 is 0. The van der Waals surface area contributed by atoms with Crippen LogP contribution in [0.4, 0.5) is 5.82 Å². The molecular formula is C14H14N6. The van der Waals surface area contributed by atoms with Crippen molar-refractivity contribution < 1.29 is 0 Å². The molecular weight excluding hydrogens is 252 g/mol. The number of aromatic nitrogens is 1. The predicted octanol–water partition coefficient (Wildman–Crippen LogP) is 1.23. The summed E-state index contributed by atoms with van der Waals surface area (Å²) in [4.78, 5) is 14.5. The SMILES string of the molecule is NC1=NC(c2ccccc2)N(c2ccccn2)C(N)=N1. The molecule has 1 aromatic carbocycles. The fourth-order valence-electron chi connectivity index (χ4n) is 2.10. The van der Waals surface area contributed by atoms with Crippen molar-refractivity contribution in [1.29, 1.82) is 0 Å². The van der Waals surface area contributed by atoms with Crippen molar-refractivity contribution in [2.75, 3.05) is 4.90 Å². The molecule has 1 aliphatic rings. The monoisotopic (exact) mass is 266 g/mol. The van der Waals surface area contributed by atoms with Crippen molar-refractivity contribution in [1.82, 2.24) is 4.98 Å². The normalized spacial score (nSPS) is 18.4. The number of pyridine rings is 1. The zero-order chi connectivity index (χ0) is 13.9. The lowest BCUT2D eigenvalue weighted by molar-refractivity contribution is 0.728. The molecule has 6 heteroatoms. The van der Waals surface area contributed by atoms with Crippen molar-refractivity contribution in [3.05, 3.63) is 60.3 Å². The lowest BCUT2D eigenvalue weighted by Crippen LogP contribution is -2.44. The summed E-state index contributed by atoms with van der Waals surface area (Å²) >= 11 is 0. The molecule has 1 atom stereocenters. The molecule has 0 spiro atoms. The molecule has 100 valence electrons. The summed E-state index contributed by atoms with van der Waals surface area (Å²) in [5.41, 5.74) is 12.7. The Bertz CT molecular complexity index is 650. The van der Waals surface area contributed by atoms with Crippen LogP contribution in [0, 0.1) is 0 Å². The van der Waals surface area contributed by atoms with Crippen LogP contribution in [0.25, 0.3) is 0 Å². The van der Waals surface area contributed by atoms with Crippen molar-refractivity contribution in [3.63, 3.8) is 0 Å². The minimum absolute atomic E-state index is 0.170. The van der Waals surface area contributed by atoms with E-state index in [1.165, 1.54) is 0 Å². The highest BCUT2D eigenvalue weighted by molar-refractivity contribution is 6.04. The van der Waals surface area contributed by atoms with Gasteiger partial charge in [0.15, 0.2) is 6.17 Å². The average molecular weight is 266 g/mol. The first-order chi connectivity index (χ1) is 9.75. The quantitative estimate of drug-likeness (QED) is 0.855. The van der Waals surface area contributed by atoms with Crippen molar-refractivity contribution in [2.24, 2.45) is 21.5 Å². The number of aliphatic imine (C=N–C) groups is 2. The highest BCUT2D eigenvalue weighted by Gasteiger charge is 2.27. The Morgan fingerprint density at radius 1 is 0.950 bits per heavy atom. The van der Waals surface area contributed by atoms with Crippen LogP contribution in [0.15, 0.2) is 64.7 Å². The van der Waals surface area contributed by atoms with Crippen LogP contribution in [0.2, 0.25) is 0 Å². The maximum absolute atomic E-state index is 6.00. The third-order valence-electron chi connectivity index (χ3n) is 2.97. The van der Waals surface area contributed by atoms with E-state index in [1.807, 2.05) is 48.5 Å². The predicted molar refractivity (Wildman–Crippen MR) is 79.1 cm³/mol. The Morgan fingerprint density at radius 3 is 2.40 bits per heavy atom. The minimum Gasteiger partial charge on any atom is -0.369 e. The van der Waals surface area contributed by atoms with E-state index < -0.39 is 0 Å². The van der Waals surface area contributed by atoms with Crippen LogP contribution in [0.5, 0.6) is 0 Å². The van der Waals surface area contributed by atoms with Gasteiger partial charge in [-0.2, -0.15) is 4.99 Å². The van der Waals surface area contributed by atoms with E-state index in [-0.39, 0.29) is 18.1 Å². The molecule has 2 heterocycles. The second-order valence-electron chi connectivity index (χ2n) is 4.30. The van der Waals surface area contributed by atoms with Crippen LogP contribution in [0.3, 0.4) is 0 Å². The van der Waals surface area contributed by atoms with Crippen molar-refractivity contribution >= 4 is 17.7 Å². The Kier molecular flexibility index (Phi) is 3.04. The Hall–Kier alpha value is -2.89. The zero-order valence-electron chi connectivity index (χ0n) is 10.7. The summed E-state index contributed by atoms with van der Waals surface area (Å²) in [6, 6.07) is 15.4. The molecule has 1 aliphatic heterocycles. The fourth-order valence-corrected chi connectivity index (χ4v) is 2.10. The summed E-state index contributed by atoms with van der Waals surface area (Å²) in [5, 5.41) is 0. The topological polar surface area (TPSA) is 92.9 Å². The van der Waals surface area contributed by atoms with Crippen molar-refractivity contribution in [3.8, 4) is 0 Å². The first-order valence-electron chi connectivity index (χ1n) is 6.18. The maximum Gasteiger partial charge on any atom is 0.221 e. The van der Waals surface area contributed by atoms with Gasteiger partial charge in [-0.1, -0.05) is 36.4 Å². The van der Waals surface area contributed by atoms with Crippen LogP contribution < -0.4 is 16.4 Å². The van der Waals surface area contributed by atoms with E-state index in [0.29, 0.717) is 5.82 Å². The largest absolute Gasteiger partial charge is 0.369 e. The number of anilines is 1. The summed E-state index contributed by atoms with van der Waals surface area (Å²) in [6.07, 6.45) is 1.34. The van der Waals surface area contributed by atoms with Gasteiger partial charge in [0, 0.05) is 6.20 Å². The molecule has 6 nitrogen and oxygen atoms in total. The molecule has 0 saturated carbocycles. The van der Waals surface area contributed by atoms with Gasteiger partial charge in [-0.3, -0.25) is 4.90 Å². The molecule has 4 N–H and O–H groups in total. The number of nitrogens with zero attached hydrogens (tertiary/aromatic N) is 4. The fraction of sp³-hybridized carbons (Fsp3) is 0.0714. The summed E-state index contributed by atoms with van der Waals surface area (Å²) in [6.45, 7) is 0. The molecule has 1 aromatic heterocycles. The summed E-state index contributed by atoms with van der Waals surface area (Å²) in [7, 11) is 0. The van der Waals surface area contributed by atoms with Gasteiger partial charge in [0.2, 0.25) is 11.9 Å². The Morgan fingerprint density at radius 2 is 1.70 bits per heavy atom. The highest BCUT2D eigenvalue weighted by atomic mass is 15.4. The molecule has 2 aromatic rings. The molecule has 0 fully saturated rings. The summed E-state index contributed by atoms with van der Waals surface area (Å²) in [5.74, 6) is 1.13.